The van der Waals surface area contributed by atoms with Crippen LogP contribution in [0.15, 0.2) is 36.4 Å². The Morgan fingerprint density at radius 3 is 2.84 bits per heavy atom. The minimum Gasteiger partial charge on any atom is -0.362 e. The molecule has 0 fully saturated rings. The second-order valence-electron chi connectivity index (χ2n) is 6.36. The van der Waals surface area contributed by atoms with Gasteiger partial charge in [-0.15, -0.1) is 0 Å². The highest BCUT2D eigenvalue weighted by Crippen LogP contribution is 2.36. The SMILES string of the molecule is CC(=O)NCc1cc2cc(Cl)c(N3Cc4ccc(F)cc4C3)cc2[nH]1. The van der Waals surface area contributed by atoms with E-state index in [0.29, 0.717) is 24.7 Å². The lowest BCUT2D eigenvalue weighted by Crippen LogP contribution is -2.18. The van der Waals surface area contributed by atoms with Crippen LogP contribution in [0.3, 0.4) is 0 Å². The van der Waals surface area contributed by atoms with Gasteiger partial charge in [-0.1, -0.05) is 17.7 Å². The van der Waals surface area contributed by atoms with Crippen LogP contribution in [0, 0.1) is 5.82 Å². The number of anilines is 1. The molecular weight excluding hydrogens is 341 g/mol. The lowest BCUT2D eigenvalue weighted by Gasteiger charge is -2.19. The summed E-state index contributed by atoms with van der Waals surface area (Å²) in [7, 11) is 0. The van der Waals surface area contributed by atoms with Crippen LogP contribution < -0.4 is 10.2 Å². The fourth-order valence-electron chi connectivity index (χ4n) is 3.29. The van der Waals surface area contributed by atoms with Crippen LogP contribution in [0.2, 0.25) is 5.02 Å². The molecule has 1 aromatic heterocycles. The van der Waals surface area contributed by atoms with Crippen molar-refractivity contribution in [1.82, 2.24) is 10.3 Å². The van der Waals surface area contributed by atoms with Crippen LogP contribution in [-0.4, -0.2) is 10.9 Å². The molecule has 0 atom stereocenters. The highest BCUT2D eigenvalue weighted by molar-refractivity contribution is 6.34. The maximum absolute atomic E-state index is 13.4. The zero-order chi connectivity index (χ0) is 17.6. The highest BCUT2D eigenvalue weighted by atomic mass is 35.5. The number of hydrogen-bond donors (Lipinski definition) is 2. The van der Waals surface area contributed by atoms with Crippen molar-refractivity contribution in [3.8, 4) is 0 Å². The predicted molar refractivity (Wildman–Crippen MR) is 97.1 cm³/mol. The number of aromatic amines is 1. The first-order valence-corrected chi connectivity index (χ1v) is 8.45. The van der Waals surface area contributed by atoms with Crippen molar-refractivity contribution >= 4 is 34.1 Å². The Balaban J connectivity index is 1.64. The number of carbonyl (C=O) groups is 1. The van der Waals surface area contributed by atoms with E-state index < -0.39 is 0 Å². The molecule has 0 bridgehead atoms. The first kappa shape index (κ1) is 16.0. The first-order chi connectivity index (χ1) is 12.0. The average molecular weight is 358 g/mol. The molecule has 0 saturated carbocycles. The van der Waals surface area contributed by atoms with Gasteiger partial charge in [0.15, 0.2) is 0 Å². The number of hydrogen-bond acceptors (Lipinski definition) is 2. The van der Waals surface area contributed by atoms with Gasteiger partial charge in [-0.3, -0.25) is 4.79 Å². The molecule has 4 nitrogen and oxygen atoms in total. The minimum atomic E-state index is -0.214. The number of H-pyrrole nitrogens is 1. The number of nitrogens with zero attached hydrogens (tertiary/aromatic N) is 1. The van der Waals surface area contributed by atoms with Crippen LogP contribution in [0.4, 0.5) is 10.1 Å². The van der Waals surface area contributed by atoms with Gasteiger partial charge in [0.1, 0.15) is 5.82 Å². The quantitative estimate of drug-likeness (QED) is 0.740. The molecule has 0 spiro atoms. The van der Waals surface area contributed by atoms with Gasteiger partial charge in [-0.2, -0.15) is 0 Å². The van der Waals surface area contributed by atoms with E-state index in [1.165, 1.54) is 13.0 Å². The molecule has 2 heterocycles. The van der Waals surface area contributed by atoms with E-state index >= 15 is 0 Å². The molecule has 2 N–H and O–H groups in total. The summed E-state index contributed by atoms with van der Waals surface area (Å²) in [5.74, 6) is -0.284. The molecule has 3 aromatic rings. The van der Waals surface area contributed by atoms with Crippen molar-refractivity contribution in [3.05, 3.63) is 64.1 Å². The summed E-state index contributed by atoms with van der Waals surface area (Å²) in [5, 5.41) is 4.43. The molecular formula is C19H17ClFN3O. The van der Waals surface area contributed by atoms with Crippen molar-refractivity contribution in [2.24, 2.45) is 0 Å². The smallest absolute Gasteiger partial charge is 0.217 e. The molecule has 0 aliphatic carbocycles. The Morgan fingerprint density at radius 1 is 1.24 bits per heavy atom. The van der Waals surface area contributed by atoms with Crippen molar-refractivity contribution in [1.29, 1.82) is 0 Å². The minimum absolute atomic E-state index is 0.0700. The Kier molecular flexibility index (Phi) is 3.88. The molecule has 0 unspecified atom stereocenters. The molecule has 6 heteroatoms. The van der Waals surface area contributed by atoms with Crippen LogP contribution in [0.25, 0.3) is 10.9 Å². The molecule has 1 aliphatic heterocycles. The van der Waals surface area contributed by atoms with Gasteiger partial charge in [0.25, 0.3) is 0 Å². The highest BCUT2D eigenvalue weighted by Gasteiger charge is 2.22. The Bertz CT molecular complexity index is 982. The number of amides is 1. The third-order valence-corrected chi connectivity index (χ3v) is 4.81. The number of benzene rings is 2. The molecule has 128 valence electrons. The molecule has 1 amide bonds. The van der Waals surface area contributed by atoms with Crippen LogP contribution in [0.5, 0.6) is 0 Å². The van der Waals surface area contributed by atoms with Crippen molar-refractivity contribution in [2.45, 2.75) is 26.6 Å². The first-order valence-electron chi connectivity index (χ1n) is 8.07. The van der Waals surface area contributed by atoms with E-state index in [1.807, 2.05) is 24.3 Å². The topological polar surface area (TPSA) is 48.1 Å². The van der Waals surface area contributed by atoms with Gasteiger partial charge >= 0.3 is 0 Å². The molecule has 4 rings (SSSR count). The van der Waals surface area contributed by atoms with Crippen LogP contribution >= 0.6 is 11.6 Å². The lowest BCUT2D eigenvalue weighted by molar-refractivity contribution is -0.119. The van der Waals surface area contributed by atoms with Crippen LogP contribution in [-0.2, 0) is 24.4 Å². The third kappa shape index (κ3) is 3.07. The summed E-state index contributed by atoms with van der Waals surface area (Å²) in [5.41, 5.74) is 4.91. The summed E-state index contributed by atoms with van der Waals surface area (Å²) in [6.07, 6.45) is 0. The summed E-state index contributed by atoms with van der Waals surface area (Å²) in [6.45, 7) is 3.29. The average Bonchev–Trinajstić information content (AvgIpc) is 3.14. The maximum Gasteiger partial charge on any atom is 0.217 e. The molecule has 1 aliphatic rings. The van der Waals surface area contributed by atoms with E-state index in [2.05, 4.69) is 15.2 Å². The summed E-state index contributed by atoms with van der Waals surface area (Å²) >= 11 is 6.49. The van der Waals surface area contributed by atoms with E-state index in [4.69, 9.17) is 11.6 Å². The van der Waals surface area contributed by atoms with E-state index in [0.717, 1.165) is 33.4 Å². The fourth-order valence-corrected chi connectivity index (χ4v) is 3.58. The summed E-state index contributed by atoms with van der Waals surface area (Å²) in [4.78, 5) is 16.5. The Labute approximate surface area is 149 Å². The molecule has 2 aromatic carbocycles. The number of halogens is 2. The molecule has 0 radical (unpaired) electrons. The number of aromatic nitrogens is 1. The zero-order valence-corrected chi connectivity index (χ0v) is 14.5. The second-order valence-corrected chi connectivity index (χ2v) is 6.77. The van der Waals surface area contributed by atoms with Crippen molar-refractivity contribution < 1.29 is 9.18 Å². The zero-order valence-electron chi connectivity index (χ0n) is 13.7. The number of nitrogens with one attached hydrogen (secondary N) is 2. The van der Waals surface area contributed by atoms with Gasteiger partial charge in [0.05, 0.1) is 17.3 Å². The number of fused-ring (bicyclic) bond motifs is 2. The van der Waals surface area contributed by atoms with Gasteiger partial charge in [-0.05, 0) is 41.5 Å². The van der Waals surface area contributed by atoms with Crippen molar-refractivity contribution in [2.75, 3.05) is 4.90 Å². The Morgan fingerprint density at radius 2 is 2.04 bits per heavy atom. The monoisotopic (exact) mass is 357 g/mol. The van der Waals surface area contributed by atoms with E-state index in [1.54, 1.807) is 6.07 Å². The fraction of sp³-hybridized carbons (Fsp3) is 0.211. The van der Waals surface area contributed by atoms with E-state index in [9.17, 15) is 9.18 Å². The number of rotatable bonds is 3. The van der Waals surface area contributed by atoms with Gasteiger partial charge in [-0.25, -0.2) is 4.39 Å². The van der Waals surface area contributed by atoms with Gasteiger partial charge in [0, 0.05) is 36.6 Å². The summed E-state index contributed by atoms with van der Waals surface area (Å²) < 4.78 is 13.4. The third-order valence-electron chi connectivity index (χ3n) is 4.50. The van der Waals surface area contributed by atoms with Crippen molar-refractivity contribution in [3.63, 3.8) is 0 Å². The second kappa shape index (κ2) is 6.08. The normalized spacial score (nSPS) is 13.3. The standard InChI is InChI=1S/C19H17ClFN3O/c1-11(25)22-8-16-5-13-6-17(20)19(7-18(13)23-16)24-9-12-2-3-15(21)4-14(12)10-24/h2-7,23H,8-10H2,1H3,(H,22,25). The number of carbonyl (C=O) groups excluding carboxylic acids is 1. The lowest BCUT2D eigenvalue weighted by atomic mass is 10.1. The van der Waals surface area contributed by atoms with Gasteiger partial charge in [0.2, 0.25) is 5.91 Å². The van der Waals surface area contributed by atoms with Gasteiger partial charge < -0.3 is 15.2 Å². The largest absolute Gasteiger partial charge is 0.362 e. The summed E-state index contributed by atoms with van der Waals surface area (Å²) in [6, 6.07) is 10.8. The Hall–Kier alpha value is -2.53. The predicted octanol–water partition coefficient (Wildman–Crippen LogP) is 4.12. The molecule has 25 heavy (non-hydrogen) atoms. The maximum atomic E-state index is 13.4. The van der Waals surface area contributed by atoms with Crippen LogP contribution in [0.1, 0.15) is 23.7 Å². The van der Waals surface area contributed by atoms with E-state index in [-0.39, 0.29) is 11.7 Å². The molecule has 0 saturated heterocycles.